The first-order valence-electron chi connectivity index (χ1n) is 7.48. The standard InChI is InChI=1S/C16H25ClN2/c1-3-18-12-14-8-9-15(17)11-16(14)19-10-6-4-5-7-13(19)2/h8-9,11,13,18H,3-7,10,12H2,1-2H3. The Hall–Kier alpha value is -0.730. The lowest BCUT2D eigenvalue weighted by Crippen LogP contribution is -2.33. The van der Waals surface area contributed by atoms with Crippen LogP contribution in [-0.2, 0) is 6.54 Å². The molecule has 0 amide bonds. The Bertz CT molecular complexity index is 406. The van der Waals surface area contributed by atoms with Gasteiger partial charge in [0.25, 0.3) is 0 Å². The van der Waals surface area contributed by atoms with Crippen molar-refractivity contribution in [2.75, 3.05) is 18.0 Å². The Morgan fingerprint density at radius 1 is 1.32 bits per heavy atom. The molecule has 1 atom stereocenters. The van der Waals surface area contributed by atoms with Gasteiger partial charge >= 0.3 is 0 Å². The highest BCUT2D eigenvalue weighted by molar-refractivity contribution is 6.30. The van der Waals surface area contributed by atoms with Gasteiger partial charge in [0, 0.05) is 29.8 Å². The molecule has 2 nitrogen and oxygen atoms in total. The Morgan fingerprint density at radius 2 is 2.16 bits per heavy atom. The monoisotopic (exact) mass is 280 g/mol. The Kier molecular flexibility index (Phi) is 5.53. The van der Waals surface area contributed by atoms with E-state index in [4.69, 9.17) is 11.6 Å². The molecule has 1 N–H and O–H groups in total. The van der Waals surface area contributed by atoms with E-state index in [-0.39, 0.29) is 0 Å². The molecular formula is C16H25ClN2. The second-order valence-corrected chi connectivity index (χ2v) is 5.88. The SMILES string of the molecule is CCNCc1ccc(Cl)cc1N1CCCCCC1C. The van der Waals surface area contributed by atoms with Crippen molar-refractivity contribution in [2.45, 2.75) is 52.1 Å². The molecule has 1 fully saturated rings. The lowest BCUT2D eigenvalue weighted by atomic mass is 10.1. The summed E-state index contributed by atoms with van der Waals surface area (Å²) in [5, 5.41) is 4.26. The first-order chi connectivity index (χ1) is 9.22. The predicted molar refractivity (Wildman–Crippen MR) is 84.1 cm³/mol. The van der Waals surface area contributed by atoms with Crippen LogP contribution in [0.3, 0.4) is 0 Å². The van der Waals surface area contributed by atoms with E-state index in [1.54, 1.807) is 0 Å². The first kappa shape index (κ1) is 14.7. The van der Waals surface area contributed by atoms with E-state index >= 15 is 0 Å². The van der Waals surface area contributed by atoms with E-state index in [0.717, 1.165) is 24.7 Å². The maximum absolute atomic E-state index is 6.21. The number of rotatable bonds is 4. The third-order valence-corrected chi connectivity index (χ3v) is 4.21. The van der Waals surface area contributed by atoms with Crippen LogP contribution in [0.1, 0.15) is 45.1 Å². The van der Waals surface area contributed by atoms with Crippen molar-refractivity contribution >= 4 is 17.3 Å². The average molecular weight is 281 g/mol. The summed E-state index contributed by atoms with van der Waals surface area (Å²) in [6, 6.07) is 6.91. The molecule has 106 valence electrons. The molecular weight excluding hydrogens is 256 g/mol. The van der Waals surface area contributed by atoms with Gasteiger partial charge in [-0.15, -0.1) is 0 Å². The second-order valence-electron chi connectivity index (χ2n) is 5.45. The van der Waals surface area contributed by atoms with Gasteiger partial charge in [0.1, 0.15) is 0 Å². The molecule has 2 rings (SSSR count). The molecule has 0 aromatic heterocycles. The summed E-state index contributed by atoms with van der Waals surface area (Å²) < 4.78 is 0. The minimum absolute atomic E-state index is 0.612. The van der Waals surface area contributed by atoms with Gasteiger partial charge in [-0.05, 0) is 44.0 Å². The molecule has 1 heterocycles. The lowest BCUT2D eigenvalue weighted by Gasteiger charge is -2.31. The molecule has 1 aromatic rings. The van der Waals surface area contributed by atoms with Crippen molar-refractivity contribution < 1.29 is 0 Å². The molecule has 1 saturated heterocycles. The second kappa shape index (κ2) is 7.16. The van der Waals surface area contributed by atoms with Gasteiger partial charge in [-0.3, -0.25) is 0 Å². The predicted octanol–water partition coefficient (Wildman–Crippen LogP) is 4.22. The highest BCUT2D eigenvalue weighted by Crippen LogP contribution is 2.30. The fourth-order valence-corrected chi connectivity index (χ4v) is 3.01. The fourth-order valence-electron chi connectivity index (χ4n) is 2.85. The summed E-state index contributed by atoms with van der Waals surface area (Å²) in [6.45, 7) is 7.55. The van der Waals surface area contributed by atoms with Crippen LogP contribution in [0.4, 0.5) is 5.69 Å². The zero-order chi connectivity index (χ0) is 13.7. The van der Waals surface area contributed by atoms with E-state index in [0.29, 0.717) is 6.04 Å². The Balaban J connectivity index is 2.26. The largest absolute Gasteiger partial charge is 0.369 e. The quantitative estimate of drug-likeness (QED) is 0.888. The molecule has 1 aromatic carbocycles. The van der Waals surface area contributed by atoms with E-state index in [1.165, 1.54) is 36.9 Å². The van der Waals surface area contributed by atoms with Crippen LogP contribution in [0.5, 0.6) is 0 Å². The third kappa shape index (κ3) is 3.87. The lowest BCUT2D eigenvalue weighted by molar-refractivity contribution is 0.612. The normalized spacial score (nSPS) is 20.4. The molecule has 1 aliphatic heterocycles. The third-order valence-electron chi connectivity index (χ3n) is 3.98. The average Bonchev–Trinajstić information content (AvgIpc) is 2.62. The number of halogens is 1. The summed E-state index contributed by atoms with van der Waals surface area (Å²) in [7, 11) is 0. The van der Waals surface area contributed by atoms with Gasteiger partial charge in [-0.1, -0.05) is 37.4 Å². The van der Waals surface area contributed by atoms with Gasteiger partial charge in [0.05, 0.1) is 0 Å². The van der Waals surface area contributed by atoms with Gasteiger partial charge in [-0.2, -0.15) is 0 Å². The minimum Gasteiger partial charge on any atom is -0.369 e. The molecule has 1 aliphatic rings. The summed E-state index contributed by atoms with van der Waals surface area (Å²) in [4.78, 5) is 2.55. The van der Waals surface area contributed by atoms with Crippen molar-refractivity contribution in [3.05, 3.63) is 28.8 Å². The zero-order valence-corrected chi connectivity index (χ0v) is 12.8. The smallest absolute Gasteiger partial charge is 0.0429 e. The Morgan fingerprint density at radius 3 is 2.95 bits per heavy atom. The molecule has 0 spiro atoms. The minimum atomic E-state index is 0.612. The van der Waals surface area contributed by atoms with E-state index in [9.17, 15) is 0 Å². The van der Waals surface area contributed by atoms with E-state index in [2.05, 4.69) is 36.2 Å². The van der Waals surface area contributed by atoms with Crippen LogP contribution in [0, 0.1) is 0 Å². The molecule has 0 saturated carbocycles. The molecule has 0 radical (unpaired) electrons. The van der Waals surface area contributed by atoms with Gasteiger partial charge in [-0.25, -0.2) is 0 Å². The number of anilines is 1. The van der Waals surface area contributed by atoms with Crippen LogP contribution < -0.4 is 10.2 Å². The van der Waals surface area contributed by atoms with Crippen LogP contribution >= 0.6 is 11.6 Å². The van der Waals surface area contributed by atoms with Crippen molar-refractivity contribution in [3.8, 4) is 0 Å². The van der Waals surface area contributed by atoms with Crippen molar-refractivity contribution in [1.29, 1.82) is 0 Å². The highest BCUT2D eigenvalue weighted by Gasteiger charge is 2.19. The van der Waals surface area contributed by atoms with Crippen LogP contribution in [-0.4, -0.2) is 19.1 Å². The first-order valence-corrected chi connectivity index (χ1v) is 7.86. The van der Waals surface area contributed by atoms with Crippen LogP contribution in [0.25, 0.3) is 0 Å². The summed E-state index contributed by atoms with van der Waals surface area (Å²) in [5.41, 5.74) is 2.68. The maximum Gasteiger partial charge on any atom is 0.0429 e. The summed E-state index contributed by atoms with van der Waals surface area (Å²) in [5.74, 6) is 0. The molecule has 1 unspecified atom stereocenters. The summed E-state index contributed by atoms with van der Waals surface area (Å²) in [6.07, 6.45) is 5.27. The van der Waals surface area contributed by atoms with Gasteiger partial charge < -0.3 is 10.2 Å². The number of hydrogen-bond donors (Lipinski definition) is 1. The Labute approximate surface area is 122 Å². The van der Waals surface area contributed by atoms with E-state index in [1.807, 2.05) is 6.07 Å². The van der Waals surface area contributed by atoms with Crippen molar-refractivity contribution in [2.24, 2.45) is 0 Å². The molecule has 19 heavy (non-hydrogen) atoms. The number of nitrogens with zero attached hydrogens (tertiary/aromatic N) is 1. The van der Waals surface area contributed by atoms with Crippen molar-refractivity contribution in [3.63, 3.8) is 0 Å². The molecule has 0 aliphatic carbocycles. The van der Waals surface area contributed by atoms with Crippen LogP contribution in [0.2, 0.25) is 5.02 Å². The number of nitrogens with one attached hydrogen (secondary N) is 1. The van der Waals surface area contributed by atoms with Crippen LogP contribution in [0.15, 0.2) is 18.2 Å². The van der Waals surface area contributed by atoms with Gasteiger partial charge in [0.15, 0.2) is 0 Å². The summed E-state index contributed by atoms with van der Waals surface area (Å²) >= 11 is 6.21. The highest BCUT2D eigenvalue weighted by atomic mass is 35.5. The van der Waals surface area contributed by atoms with Gasteiger partial charge in [0.2, 0.25) is 0 Å². The molecule has 3 heteroatoms. The molecule has 0 bridgehead atoms. The van der Waals surface area contributed by atoms with E-state index < -0.39 is 0 Å². The fraction of sp³-hybridized carbons (Fsp3) is 0.625. The zero-order valence-electron chi connectivity index (χ0n) is 12.1. The van der Waals surface area contributed by atoms with Crippen molar-refractivity contribution in [1.82, 2.24) is 5.32 Å². The number of benzene rings is 1. The number of hydrogen-bond acceptors (Lipinski definition) is 2. The topological polar surface area (TPSA) is 15.3 Å². The maximum atomic E-state index is 6.21.